The van der Waals surface area contributed by atoms with Crippen molar-refractivity contribution < 1.29 is 9.84 Å². The molecule has 0 fully saturated rings. The van der Waals surface area contributed by atoms with Gasteiger partial charge in [-0.3, -0.25) is 4.98 Å². The van der Waals surface area contributed by atoms with Crippen LogP contribution in [0.5, 0.6) is 0 Å². The molecular weight excluding hydrogens is 240 g/mol. The lowest BCUT2D eigenvalue weighted by molar-refractivity contribution is 0.0565. The van der Waals surface area contributed by atoms with Gasteiger partial charge in [-0.2, -0.15) is 0 Å². The normalized spacial score (nSPS) is 14.5. The summed E-state index contributed by atoms with van der Waals surface area (Å²) >= 11 is 0. The number of aliphatic hydroxyl groups is 1. The van der Waals surface area contributed by atoms with Gasteiger partial charge < -0.3 is 15.2 Å². The summed E-state index contributed by atoms with van der Waals surface area (Å²) in [6.45, 7) is 3.66. The van der Waals surface area contributed by atoms with E-state index in [9.17, 15) is 5.11 Å². The first-order chi connectivity index (χ1) is 9.15. The van der Waals surface area contributed by atoms with Crippen LogP contribution in [0.15, 0.2) is 36.7 Å². The molecule has 102 valence electrons. The van der Waals surface area contributed by atoms with Crippen molar-refractivity contribution in [1.29, 1.82) is 0 Å². The molecule has 0 saturated carbocycles. The first kappa shape index (κ1) is 13.9. The van der Waals surface area contributed by atoms with Gasteiger partial charge in [0.15, 0.2) is 0 Å². The summed E-state index contributed by atoms with van der Waals surface area (Å²) < 4.78 is 4.98. The highest BCUT2D eigenvalue weighted by atomic mass is 16.5. The summed E-state index contributed by atoms with van der Waals surface area (Å²) in [4.78, 5) is 4.11. The molecule has 0 bridgehead atoms. The third kappa shape index (κ3) is 3.29. The Labute approximate surface area is 113 Å². The Morgan fingerprint density at radius 2 is 2.21 bits per heavy atom. The molecule has 1 atom stereocenters. The molecule has 0 aliphatic carbocycles. The second-order valence-electron chi connectivity index (χ2n) is 4.85. The predicted molar refractivity (Wildman–Crippen MR) is 76.1 cm³/mol. The van der Waals surface area contributed by atoms with Crippen LogP contribution in [0.2, 0.25) is 0 Å². The summed E-state index contributed by atoms with van der Waals surface area (Å²) in [7, 11) is 1.66. The highest BCUT2D eigenvalue weighted by molar-refractivity contribution is 5.85. The maximum Gasteiger partial charge on any atom is 0.0998 e. The minimum Gasteiger partial charge on any atom is -0.384 e. The van der Waals surface area contributed by atoms with Crippen LogP contribution in [0, 0.1) is 0 Å². The maximum absolute atomic E-state index is 10.7. The Kier molecular flexibility index (Phi) is 4.47. The number of benzene rings is 1. The molecule has 0 aliphatic rings. The number of hydrogen-bond acceptors (Lipinski definition) is 4. The highest BCUT2D eigenvalue weighted by Crippen LogP contribution is 2.27. The van der Waals surface area contributed by atoms with Gasteiger partial charge in [0.05, 0.1) is 12.2 Å². The van der Waals surface area contributed by atoms with E-state index in [-0.39, 0.29) is 0 Å². The van der Waals surface area contributed by atoms with Crippen molar-refractivity contribution >= 4 is 10.8 Å². The van der Waals surface area contributed by atoms with Crippen LogP contribution in [0.1, 0.15) is 12.5 Å². The zero-order valence-electron chi connectivity index (χ0n) is 11.4. The molecule has 0 aliphatic heterocycles. The lowest BCUT2D eigenvalue weighted by atomic mass is 9.91. The van der Waals surface area contributed by atoms with Crippen molar-refractivity contribution in [3.63, 3.8) is 0 Å². The lowest BCUT2D eigenvalue weighted by Crippen LogP contribution is -2.37. The van der Waals surface area contributed by atoms with Gasteiger partial charge in [0.1, 0.15) is 0 Å². The predicted octanol–water partition coefficient (Wildman–Crippen LogP) is 1.68. The highest BCUT2D eigenvalue weighted by Gasteiger charge is 2.24. The second-order valence-corrected chi connectivity index (χ2v) is 4.85. The van der Waals surface area contributed by atoms with E-state index in [2.05, 4.69) is 10.3 Å². The molecule has 1 aromatic carbocycles. The van der Waals surface area contributed by atoms with Crippen molar-refractivity contribution in [1.82, 2.24) is 10.3 Å². The maximum atomic E-state index is 10.7. The van der Waals surface area contributed by atoms with E-state index in [0.717, 1.165) is 22.9 Å². The molecule has 1 unspecified atom stereocenters. The number of rotatable bonds is 6. The lowest BCUT2D eigenvalue weighted by Gasteiger charge is -2.25. The van der Waals surface area contributed by atoms with Crippen LogP contribution in [-0.2, 0) is 10.3 Å². The molecule has 2 N–H and O–H groups in total. The number of methoxy groups -OCH3 is 1. The van der Waals surface area contributed by atoms with Gasteiger partial charge in [0.25, 0.3) is 0 Å². The Hall–Kier alpha value is -1.49. The van der Waals surface area contributed by atoms with Gasteiger partial charge in [-0.25, -0.2) is 0 Å². The van der Waals surface area contributed by atoms with Gasteiger partial charge in [0, 0.05) is 38.0 Å². The Morgan fingerprint density at radius 3 is 3.00 bits per heavy atom. The molecular formula is C15H20N2O2. The Morgan fingerprint density at radius 1 is 1.37 bits per heavy atom. The van der Waals surface area contributed by atoms with Crippen LogP contribution in [0.25, 0.3) is 10.8 Å². The minimum atomic E-state index is -0.922. The van der Waals surface area contributed by atoms with Crippen molar-refractivity contribution in [2.45, 2.75) is 12.5 Å². The van der Waals surface area contributed by atoms with E-state index in [1.807, 2.05) is 37.4 Å². The average Bonchev–Trinajstić information content (AvgIpc) is 2.43. The monoisotopic (exact) mass is 260 g/mol. The fraction of sp³-hybridized carbons (Fsp3) is 0.400. The third-order valence-electron chi connectivity index (χ3n) is 3.21. The fourth-order valence-electron chi connectivity index (χ4n) is 2.19. The van der Waals surface area contributed by atoms with Gasteiger partial charge in [-0.1, -0.05) is 18.2 Å². The van der Waals surface area contributed by atoms with Crippen LogP contribution in [-0.4, -0.2) is 36.9 Å². The summed E-state index contributed by atoms with van der Waals surface area (Å²) in [6.07, 6.45) is 3.56. The third-order valence-corrected chi connectivity index (χ3v) is 3.21. The van der Waals surface area contributed by atoms with Crippen molar-refractivity contribution in [3.8, 4) is 0 Å². The van der Waals surface area contributed by atoms with Gasteiger partial charge in [-0.15, -0.1) is 0 Å². The van der Waals surface area contributed by atoms with Crippen LogP contribution in [0.3, 0.4) is 0 Å². The molecule has 0 amide bonds. The number of ether oxygens (including phenoxy) is 1. The molecule has 19 heavy (non-hydrogen) atoms. The van der Waals surface area contributed by atoms with E-state index >= 15 is 0 Å². The Balaban J connectivity index is 2.22. The van der Waals surface area contributed by atoms with Crippen LogP contribution < -0.4 is 5.32 Å². The Bertz CT molecular complexity index is 535. The van der Waals surface area contributed by atoms with E-state index < -0.39 is 5.60 Å². The van der Waals surface area contributed by atoms with Gasteiger partial charge in [-0.05, 0) is 23.9 Å². The number of aromatic nitrogens is 1. The van der Waals surface area contributed by atoms with Gasteiger partial charge >= 0.3 is 0 Å². The molecule has 2 rings (SSSR count). The topological polar surface area (TPSA) is 54.4 Å². The van der Waals surface area contributed by atoms with E-state index in [4.69, 9.17) is 4.74 Å². The van der Waals surface area contributed by atoms with E-state index in [1.165, 1.54) is 0 Å². The molecule has 0 radical (unpaired) electrons. The SMILES string of the molecule is COCCNCC(C)(O)c1cccc2cnccc12. The van der Waals surface area contributed by atoms with Crippen LogP contribution in [0.4, 0.5) is 0 Å². The number of nitrogens with one attached hydrogen (secondary N) is 1. The first-order valence-electron chi connectivity index (χ1n) is 6.40. The van der Waals surface area contributed by atoms with Crippen LogP contribution >= 0.6 is 0 Å². The number of pyridine rings is 1. The van der Waals surface area contributed by atoms with Gasteiger partial charge in [0.2, 0.25) is 0 Å². The molecule has 0 spiro atoms. The quantitative estimate of drug-likeness (QED) is 0.776. The van der Waals surface area contributed by atoms with E-state index in [1.54, 1.807) is 13.3 Å². The van der Waals surface area contributed by atoms with Crippen molar-refractivity contribution in [3.05, 3.63) is 42.2 Å². The second kappa shape index (κ2) is 6.10. The average molecular weight is 260 g/mol. The summed E-state index contributed by atoms with van der Waals surface area (Å²) in [5.41, 5.74) is -0.00784. The molecule has 4 nitrogen and oxygen atoms in total. The molecule has 2 aromatic rings. The molecule has 4 heteroatoms. The first-order valence-corrected chi connectivity index (χ1v) is 6.40. The number of hydrogen-bond donors (Lipinski definition) is 2. The fourth-order valence-corrected chi connectivity index (χ4v) is 2.19. The zero-order valence-corrected chi connectivity index (χ0v) is 11.4. The number of fused-ring (bicyclic) bond motifs is 1. The van der Waals surface area contributed by atoms with Crippen molar-refractivity contribution in [2.75, 3.05) is 26.8 Å². The molecule has 1 aromatic heterocycles. The largest absolute Gasteiger partial charge is 0.384 e. The van der Waals surface area contributed by atoms with E-state index in [0.29, 0.717) is 13.2 Å². The molecule has 0 saturated heterocycles. The minimum absolute atomic E-state index is 0.484. The smallest absolute Gasteiger partial charge is 0.0998 e. The van der Waals surface area contributed by atoms with Crippen molar-refractivity contribution in [2.24, 2.45) is 0 Å². The number of nitrogens with zero attached hydrogens (tertiary/aromatic N) is 1. The molecule has 1 heterocycles. The summed E-state index contributed by atoms with van der Waals surface area (Å²) in [5, 5.41) is 15.9. The zero-order chi connectivity index (χ0) is 13.7. The summed E-state index contributed by atoms with van der Waals surface area (Å²) in [6, 6.07) is 7.85. The standard InChI is InChI=1S/C15H20N2O2/c1-15(18,11-17-8-9-19-2)14-5-3-4-12-10-16-7-6-13(12)14/h3-7,10,17-18H,8-9,11H2,1-2H3. The summed E-state index contributed by atoms with van der Waals surface area (Å²) in [5.74, 6) is 0.